The first kappa shape index (κ1) is 38.3. The highest BCUT2D eigenvalue weighted by Crippen LogP contribution is 2.61. The number of hydrogen-bond donors (Lipinski definition) is 4. The molecule has 0 spiro atoms. The number of aliphatic hydroxyl groups excluding tert-OH is 2. The molecule has 0 unspecified atom stereocenters. The Hall–Kier alpha value is -3.96. The molecule has 54 heavy (non-hydrogen) atoms. The Labute approximate surface area is 319 Å². The summed E-state index contributed by atoms with van der Waals surface area (Å²) in [5, 5.41) is 29.4. The van der Waals surface area contributed by atoms with Crippen molar-refractivity contribution in [2.24, 2.45) is 29.1 Å². The molecule has 290 valence electrons. The van der Waals surface area contributed by atoms with Crippen molar-refractivity contribution in [3.05, 3.63) is 82.9 Å². The quantitative estimate of drug-likeness (QED) is 0.186. The molecule has 3 aromatic carbocycles. The predicted molar refractivity (Wildman–Crippen MR) is 207 cm³/mol. The van der Waals surface area contributed by atoms with Crippen LogP contribution in [0.2, 0.25) is 0 Å². The van der Waals surface area contributed by atoms with Gasteiger partial charge in [-0.05, 0) is 92.0 Å². The summed E-state index contributed by atoms with van der Waals surface area (Å²) < 4.78 is 12.4. The fourth-order valence-corrected chi connectivity index (χ4v) is 9.93. The number of fused-ring (bicyclic) bond motifs is 3. The summed E-state index contributed by atoms with van der Waals surface area (Å²) in [6, 6.07) is 19.0. The van der Waals surface area contributed by atoms with Gasteiger partial charge in [0.1, 0.15) is 29.2 Å². The lowest BCUT2D eigenvalue weighted by atomic mass is 9.45. The number of aliphatic hydroxyl groups is 2. The average molecular weight is 740 g/mol. The number of carbonyl (C=O) groups excluding carboxylic acids is 2. The van der Waals surface area contributed by atoms with Gasteiger partial charge < -0.3 is 30.3 Å². The first-order chi connectivity index (χ1) is 25.7. The number of hydroxylamine groups is 2. The first-order valence-electron chi connectivity index (χ1n) is 19.6. The van der Waals surface area contributed by atoms with E-state index in [1.165, 1.54) is 6.42 Å². The van der Waals surface area contributed by atoms with Crippen LogP contribution in [0.1, 0.15) is 81.4 Å². The minimum absolute atomic E-state index is 0.0373. The molecular formula is C44H57N3O7. The van der Waals surface area contributed by atoms with Crippen LogP contribution in [-0.4, -0.2) is 77.2 Å². The van der Waals surface area contributed by atoms with Crippen LogP contribution in [0.5, 0.6) is 11.5 Å². The number of benzene rings is 3. The second kappa shape index (κ2) is 14.9. The maximum Gasteiger partial charge on any atom is 0.255 e. The third-order valence-electron chi connectivity index (χ3n) is 12.9. The minimum atomic E-state index is -0.901. The highest BCUT2D eigenvalue weighted by atomic mass is 16.7. The molecule has 0 aromatic heterocycles. The number of carbonyl (C=O) groups is 2. The van der Waals surface area contributed by atoms with Crippen molar-refractivity contribution in [2.75, 3.05) is 20.3 Å². The number of hydrogen-bond acceptors (Lipinski definition) is 8. The molecule has 10 nitrogen and oxygen atoms in total. The Morgan fingerprint density at radius 3 is 2.48 bits per heavy atom. The van der Waals surface area contributed by atoms with Crippen molar-refractivity contribution in [3.8, 4) is 22.6 Å². The average Bonchev–Trinajstić information content (AvgIpc) is 3.67. The molecule has 0 radical (unpaired) electrons. The molecule has 3 saturated carbocycles. The Kier molecular flexibility index (Phi) is 10.6. The number of ether oxygens (including phenoxy) is 2. The molecule has 2 aliphatic heterocycles. The van der Waals surface area contributed by atoms with Crippen molar-refractivity contribution < 1.29 is 34.1 Å². The third-order valence-corrected chi connectivity index (χ3v) is 12.9. The van der Waals surface area contributed by atoms with Gasteiger partial charge >= 0.3 is 0 Å². The fraction of sp³-hybridized carbons (Fsp3) is 0.545. The highest BCUT2D eigenvalue weighted by molar-refractivity contribution is 5.99. The molecule has 2 amide bonds. The van der Waals surface area contributed by atoms with Crippen molar-refractivity contribution in [1.82, 2.24) is 15.7 Å². The summed E-state index contributed by atoms with van der Waals surface area (Å²) in [4.78, 5) is 34.3. The summed E-state index contributed by atoms with van der Waals surface area (Å²) in [7, 11) is 1.61. The normalized spacial score (nSPS) is 28.4. The summed E-state index contributed by atoms with van der Waals surface area (Å²) in [5.74, 6) is 1.59. The maximum absolute atomic E-state index is 14.3. The Morgan fingerprint density at radius 2 is 1.81 bits per heavy atom. The van der Waals surface area contributed by atoms with Gasteiger partial charge in [0.05, 0.1) is 31.9 Å². The predicted octanol–water partition coefficient (Wildman–Crippen LogP) is 5.71. The minimum Gasteiger partial charge on any atom is -0.496 e. The van der Waals surface area contributed by atoms with Crippen LogP contribution in [0.25, 0.3) is 11.1 Å². The number of nitrogens with zero attached hydrogens (tertiary/aromatic N) is 1. The van der Waals surface area contributed by atoms with E-state index < -0.39 is 29.8 Å². The standard InChI is InChI=1S/C44H57N3O7/c1-25-34-20-31(44(34,5)6)21-35(25)46-42(51)38-37(26(2)49)36(24-48)54-47(38)23-28-14-11-15-32(39(28)52-7)29-18-30-22-43(3,4)53-40(30)33(19-29)41(50)45-17-16-27-12-9-8-10-13-27/h8-15,18-19,25-26,31,34-38,48-49H,16-17,20-24H2,1-7H3,(H,45,50)(H,46,51)/t25-,26-,31+,34-,35-,36-,37-,38-/m0/s1. The summed E-state index contributed by atoms with van der Waals surface area (Å²) in [6.45, 7) is 12.9. The molecule has 3 aromatic rings. The summed E-state index contributed by atoms with van der Waals surface area (Å²) >= 11 is 0. The third kappa shape index (κ3) is 7.14. The first-order valence-corrected chi connectivity index (χ1v) is 19.6. The second-order valence-electron chi connectivity index (χ2n) is 17.3. The van der Waals surface area contributed by atoms with Crippen LogP contribution in [-0.2, 0) is 29.0 Å². The van der Waals surface area contributed by atoms with Gasteiger partial charge in [0.2, 0.25) is 5.91 Å². The fourth-order valence-electron chi connectivity index (χ4n) is 9.93. The highest BCUT2D eigenvalue weighted by Gasteiger charge is 2.57. The van der Waals surface area contributed by atoms with E-state index in [4.69, 9.17) is 14.3 Å². The Balaban J connectivity index is 1.17. The van der Waals surface area contributed by atoms with Crippen LogP contribution < -0.4 is 20.1 Å². The molecule has 1 saturated heterocycles. The van der Waals surface area contributed by atoms with E-state index >= 15 is 0 Å². The van der Waals surface area contributed by atoms with Gasteiger partial charge in [0, 0.05) is 36.1 Å². The molecular weight excluding hydrogens is 682 g/mol. The zero-order chi connectivity index (χ0) is 38.5. The van der Waals surface area contributed by atoms with Crippen molar-refractivity contribution >= 4 is 11.8 Å². The van der Waals surface area contributed by atoms with E-state index in [9.17, 15) is 19.8 Å². The van der Waals surface area contributed by atoms with Gasteiger partial charge in [0.25, 0.3) is 5.91 Å². The van der Waals surface area contributed by atoms with E-state index in [2.05, 4.69) is 37.5 Å². The molecule has 8 rings (SSSR count). The van der Waals surface area contributed by atoms with Crippen LogP contribution in [0.4, 0.5) is 0 Å². The Bertz CT molecular complexity index is 1860. The topological polar surface area (TPSA) is 130 Å². The van der Waals surface area contributed by atoms with Crippen molar-refractivity contribution in [2.45, 2.75) is 104 Å². The lowest BCUT2D eigenvalue weighted by Gasteiger charge is -2.62. The summed E-state index contributed by atoms with van der Waals surface area (Å²) in [5.41, 5.74) is 4.72. The zero-order valence-electron chi connectivity index (χ0n) is 32.7. The maximum atomic E-state index is 14.3. The van der Waals surface area contributed by atoms with Gasteiger partial charge in [-0.3, -0.25) is 14.4 Å². The lowest BCUT2D eigenvalue weighted by molar-refractivity contribution is -0.183. The molecule has 5 aliphatic rings. The van der Waals surface area contributed by atoms with E-state index in [1.54, 1.807) is 19.1 Å². The lowest BCUT2D eigenvalue weighted by Crippen LogP contribution is -2.62. The zero-order valence-corrected chi connectivity index (χ0v) is 32.7. The van der Waals surface area contributed by atoms with E-state index in [1.807, 2.05) is 68.4 Å². The molecule has 2 heterocycles. The molecule has 3 aliphatic carbocycles. The van der Waals surface area contributed by atoms with Gasteiger partial charge in [0.15, 0.2) is 0 Å². The van der Waals surface area contributed by atoms with Crippen LogP contribution in [0, 0.1) is 29.1 Å². The Morgan fingerprint density at radius 1 is 1.06 bits per heavy atom. The van der Waals surface area contributed by atoms with Gasteiger partial charge in [-0.15, -0.1) is 0 Å². The molecule has 10 heteroatoms. The van der Waals surface area contributed by atoms with E-state index in [0.717, 1.165) is 34.2 Å². The largest absolute Gasteiger partial charge is 0.496 e. The number of para-hydroxylation sites is 1. The second-order valence-corrected chi connectivity index (χ2v) is 17.3. The number of rotatable bonds is 12. The van der Waals surface area contributed by atoms with E-state index in [-0.39, 0.29) is 36.4 Å². The van der Waals surface area contributed by atoms with Crippen LogP contribution in [0.15, 0.2) is 60.7 Å². The number of nitrogens with one attached hydrogen (secondary N) is 2. The number of methoxy groups -OCH3 is 1. The van der Waals surface area contributed by atoms with Gasteiger partial charge in [-0.25, -0.2) is 0 Å². The SMILES string of the molecule is COc1c(CN2O[C@@H](CO)[C@H]([C@H](C)O)[C@H]2C(=O)N[C@H]2C[C@H]3C[C@@H]([C@@H]2C)C3(C)C)cccc1-c1cc2c(c(C(=O)NCCc3ccccc3)c1)OC(C)(C)C2. The monoisotopic (exact) mass is 739 g/mol. The van der Waals surface area contributed by atoms with Gasteiger partial charge in [-0.1, -0.05) is 69.3 Å². The summed E-state index contributed by atoms with van der Waals surface area (Å²) in [6.07, 6.45) is 1.83. The number of amides is 2. The van der Waals surface area contributed by atoms with Crippen molar-refractivity contribution in [1.29, 1.82) is 0 Å². The van der Waals surface area contributed by atoms with Gasteiger partial charge in [-0.2, -0.15) is 5.06 Å². The molecule has 4 fully saturated rings. The molecule has 8 atom stereocenters. The van der Waals surface area contributed by atoms with E-state index in [0.29, 0.717) is 54.2 Å². The van der Waals surface area contributed by atoms with Crippen LogP contribution in [0.3, 0.4) is 0 Å². The van der Waals surface area contributed by atoms with Crippen LogP contribution >= 0.6 is 0 Å². The molecule has 2 bridgehead atoms. The van der Waals surface area contributed by atoms with Crippen molar-refractivity contribution in [3.63, 3.8) is 0 Å². The molecule has 4 N–H and O–H groups in total. The smallest absolute Gasteiger partial charge is 0.255 e.